The van der Waals surface area contributed by atoms with E-state index < -0.39 is 0 Å². The summed E-state index contributed by atoms with van der Waals surface area (Å²) in [6.07, 6.45) is 4.79. The number of rotatable bonds is 4. The lowest BCUT2D eigenvalue weighted by Crippen LogP contribution is -1.90. The van der Waals surface area contributed by atoms with Crippen LogP contribution in [0.5, 0.6) is 0 Å². The molecular formula is C15H21N. The summed E-state index contributed by atoms with van der Waals surface area (Å²) >= 11 is 0. The van der Waals surface area contributed by atoms with Crippen molar-refractivity contribution in [1.29, 1.82) is 0 Å². The van der Waals surface area contributed by atoms with Gasteiger partial charge in [0.05, 0.1) is 0 Å². The molecule has 0 saturated carbocycles. The van der Waals surface area contributed by atoms with Gasteiger partial charge in [-0.1, -0.05) is 38.3 Å². The van der Waals surface area contributed by atoms with Gasteiger partial charge in [-0.3, -0.25) is 0 Å². The van der Waals surface area contributed by atoms with Crippen molar-refractivity contribution in [1.82, 2.24) is 4.98 Å². The molecule has 16 heavy (non-hydrogen) atoms. The Balaban J connectivity index is 2.57. The second kappa shape index (κ2) is 4.73. The van der Waals surface area contributed by atoms with E-state index in [0.29, 0.717) is 0 Å². The molecule has 1 aromatic carbocycles. The highest BCUT2D eigenvalue weighted by Gasteiger charge is 2.09. The average molecular weight is 215 g/mol. The van der Waals surface area contributed by atoms with Gasteiger partial charge in [-0.15, -0.1) is 0 Å². The maximum atomic E-state index is 3.58. The van der Waals surface area contributed by atoms with Crippen molar-refractivity contribution in [2.45, 2.75) is 46.5 Å². The molecule has 0 fully saturated rings. The van der Waals surface area contributed by atoms with Crippen molar-refractivity contribution in [3.8, 4) is 0 Å². The van der Waals surface area contributed by atoms with Crippen LogP contribution >= 0.6 is 0 Å². The standard InChI is InChI=1S/C15H21N/c1-4-6-12-13-10-11(3)8-9-15(13)16-14(12)7-5-2/h8-10,16H,4-7H2,1-3H3. The second-order valence-corrected chi connectivity index (χ2v) is 4.63. The molecule has 1 heterocycles. The summed E-state index contributed by atoms with van der Waals surface area (Å²) in [7, 11) is 0. The fraction of sp³-hybridized carbons (Fsp3) is 0.467. The first-order valence-corrected chi connectivity index (χ1v) is 6.36. The van der Waals surface area contributed by atoms with Gasteiger partial charge in [0.2, 0.25) is 0 Å². The van der Waals surface area contributed by atoms with Crippen molar-refractivity contribution < 1.29 is 0 Å². The van der Waals surface area contributed by atoms with Gasteiger partial charge in [0.25, 0.3) is 0 Å². The van der Waals surface area contributed by atoms with Crippen LogP contribution in [-0.2, 0) is 12.8 Å². The second-order valence-electron chi connectivity index (χ2n) is 4.63. The van der Waals surface area contributed by atoms with E-state index in [1.165, 1.54) is 47.8 Å². The normalized spacial score (nSPS) is 11.2. The van der Waals surface area contributed by atoms with Crippen LogP contribution in [0, 0.1) is 6.92 Å². The van der Waals surface area contributed by atoms with Crippen LogP contribution in [0.1, 0.15) is 43.5 Å². The fourth-order valence-corrected chi connectivity index (χ4v) is 2.42. The van der Waals surface area contributed by atoms with Gasteiger partial charge < -0.3 is 4.98 Å². The first-order chi connectivity index (χ1) is 7.76. The predicted octanol–water partition coefficient (Wildman–Crippen LogP) is 4.38. The molecule has 1 N–H and O–H groups in total. The van der Waals surface area contributed by atoms with Gasteiger partial charge >= 0.3 is 0 Å². The highest BCUT2D eigenvalue weighted by molar-refractivity contribution is 5.85. The minimum atomic E-state index is 1.17. The molecule has 0 aliphatic carbocycles. The largest absolute Gasteiger partial charge is 0.358 e. The van der Waals surface area contributed by atoms with E-state index in [9.17, 15) is 0 Å². The molecule has 0 amide bonds. The SMILES string of the molecule is CCCc1[nH]c2ccc(C)cc2c1CCC. The molecule has 1 nitrogen and oxygen atoms in total. The van der Waals surface area contributed by atoms with Crippen LogP contribution in [0.15, 0.2) is 18.2 Å². The molecule has 0 unspecified atom stereocenters. The zero-order valence-corrected chi connectivity index (χ0v) is 10.6. The third-order valence-electron chi connectivity index (χ3n) is 3.15. The highest BCUT2D eigenvalue weighted by Crippen LogP contribution is 2.25. The zero-order chi connectivity index (χ0) is 11.5. The van der Waals surface area contributed by atoms with Gasteiger partial charge in [-0.05, 0) is 37.5 Å². The van der Waals surface area contributed by atoms with E-state index in [1.807, 2.05) is 0 Å². The minimum absolute atomic E-state index is 1.17. The summed E-state index contributed by atoms with van der Waals surface area (Å²) in [6.45, 7) is 6.67. The molecule has 86 valence electrons. The van der Waals surface area contributed by atoms with Gasteiger partial charge in [-0.25, -0.2) is 0 Å². The molecule has 0 saturated heterocycles. The summed E-state index contributed by atoms with van der Waals surface area (Å²) in [6, 6.07) is 6.71. The van der Waals surface area contributed by atoms with Crippen molar-refractivity contribution in [3.63, 3.8) is 0 Å². The molecule has 1 aromatic heterocycles. The Kier molecular flexibility index (Phi) is 3.33. The molecule has 0 radical (unpaired) electrons. The van der Waals surface area contributed by atoms with Crippen LogP contribution < -0.4 is 0 Å². The third kappa shape index (κ3) is 1.99. The predicted molar refractivity (Wildman–Crippen MR) is 71.0 cm³/mol. The van der Waals surface area contributed by atoms with Gasteiger partial charge in [0.1, 0.15) is 0 Å². The lowest BCUT2D eigenvalue weighted by atomic mass is 10.0. The first-order valence-electron chi connectivity index (χ1n) is 6.36. The van der Waals surface area contributed by atoms with Gasteiger partial charge in [-0.2, -0.15) is 0 Å². The molecular weight excluding hydrogens is 194 g/mol. The average Bonchev–Trinajstić information content (AvgIpc) is 2.58. The Hall–Kier alpha value is -1.24. The van der Waals surface area contributed by atoms with Crippen LogP contribution in [0.3, 0.4) is 0 Å². The number of benzene rings is 1. The van der Waals surface area contributed by atoms with Crippen molar-refractivity contribution in [2.24, 2.45) is 0 Å². The molecule has 0 aliphatic rings. The Morgan fingerprint density at radius 3 is 2.50 bits per heavy atom. The quantitative estimate of drug-likeness (QED) is 0.779. The summed E-state index contributed by atoms with van der Waals surface area (Å²) in [5.41, 5.74) is 5.65. The Labute approximate surface area is 97.9 Å². The van der Waals surface area contributed by atoms with E-state index in [2.05, 4.69) is 44.0 Å². The number of aromatic amines is 1. The number of H-pyrrole nitrogens is 1. The van der Waals surface area contributed by atoms with Crippen molar-refractivity contribution in [2.75, 3.05) is 0 Å². The Bertz CT molecular complexity index is 479. The van der Waals surface area contributed by atoms with E-state index in [-0.39, 0.29) is 0 Å². The lowest BCUT2D eigenvalue weighted by molar-refractivity contribution is 0.850. The molecule has 2 rings (SSSR count). The van der Waals surface area contributed by atoms with Crippen LogP contribution in [0.25, 0.3) is 10.9 Å². The molecule has 0 bridgehead atoms. The monoisotopic (exact) mass is 215 g/mol. The van der Waals surface area contributed by atoms with Crippen molar-refractivity contribution >= 4 is 10.9 Å². The van der Waals surface area contributed by atoms with E-state index in [4.69, 9.17) is 0 Å². The summed E-state index contributed by atoms with van der Waals surface area (Å²) < 4.78 is 0. The topological polar surface area (TPSA) is 15.8 Å². The van der Waals surface area contributed by atoms with Crippen LogP contribution in [-0.4, -0.2) is 4.98 Å². The van der Waals surface area contributed by atoms with Gasteiger partial charge in [0, 0.05) is 16.6 Å². The number of aryl methyl sites for hydroxylation is 3. The molecule has 0 atom stereocenters. The number of hydrogen-bond acceptors (Lipinski definition) is 0. The third-order valence-corrected chi connectivity index (χ3v) is 3.15. The lowest BCUT2D eigenvalue weighted by Gasteiger charge is -2.01. The molecule has 1 heteroatoms. The molecule has 0 aliphatic heterocycles. The Morgan fingerprint density at radius 1 is 1.06 bits per heavy atom. The van der Waals surface area contributed by atoms with E-state index in [1.54, 1.807) is 5.56 Å². The van der Waals surface area contributed by atoms with E-state index in [0.717, 1.165) is 0 Å². The first kappa shape index (κ1) is 11.3. The van der Waals surface area contributed by atoms with Crippen LogP contribution in [0.4, 0.5) is 0 Å². The van der Waals surface area contributed by atoms with Crippen molar-refractivity contribution in [3.05, 3.63) is 35.0 Å². The number of hydrogen-bond donors (Lipinski definition) is 1. The molecule has 0 spiro atoms. The summed E-state index contributed by atoms with van der Waals surface area (Å²) in [5, 5.41) is 1.44. The highest BCUT2D eigenvalue weighted by atomic mass is 14.7. The zero-order valence-electron chi connectivity index (χ0n) is 10.6. The maximum Gasteiger partial charge on any atom is 0.0459 e. The minimum Gasteiger partial charge on any atom is -0.358 e. The number of aromatic nitrogens is 1. The molecule has 2 aromatic rings. The number of nitrogens with one attached hydrogen (secondary N) is 1. The Morgan fingerprint density at radius 2 is 1.81 bits per heavy atom. The number of fused-ring (bicyclic) bond motifs is 1. The summed E-state index contributed by atoms with van der Waals surface area (Å²) in [5.74, 6) is 0. The fourth-order valence-electron chi connectivity index (χ4n) is 2.42. The maximum absolute atomic E-state index is 3.58. The van der Waals surface area contributed by atoms with E-state index >= 15 is 0 Å². The smallest absolute Gasteiger partial charge is 0.0459 e. The van der Waals surface area contributed by atoms with Gasteiger partial charge in [0.15, 0.2) is 0 Å². The van der Waals surface area contributed by atoms with Crippen LogP contribution in [0.2, 0.25) is 0 Å². The summed E-state index contributed by atoms with van der Waals surface area (Å²) in [4.78, 5) is 3.58.